The van der Waals surface area contributed by atoms with Crippen LogP contribution in [0.5, 0.6) is 5.75 Å². The number of ether oxygens (including phenoxy) is 1. The van der Waals surface area contributed by atoms with Crippen molar-refractivity contribution in [2.45, 2.75) is 4.75 Å². The number of carbonyl (C=O) groups is 1. The lowest BCUT2D eigenvalue weighted by atomic mass is 9.89. The maximum Gasteiger partial charge on any atom is 0.251 e. The van der Waals surface area contributed by atoms with Gasteiger partial charge in [-0.25, -0.2) is 4.99 Å². The largest absolute Gasteiger partial charge is 0.497 e. The van der Waals surface area contributed by atoms with Crippen LogP contribution in [0.25, 0.3) is 0 Å². The summed E-state index contributed by atoms with van der Waals surface area (Å²) in [6.45, 7) is 0. The molecule has 0 aliphatic carbocycles. The number of hydrogen-bond acceptors (Lipinski definition) is 4. The number of aliphatic imine (C=N–C) groups is 2. The van der Waals surface area contributed by atoms with Crippen molar-refractivity contribution in [1.82, 2.24) is 5.32 Å². The number of amidine groups is 2. The number of carbonyl (C=O) groups excluding carboxylic acids is 1. The highest BCUT2D eigenvalue weighted by Gasteiger charge is 2.49. The average Bonchev–Trinajstić information content (AvgIpc) is 3.15. The third-order valence-corrected chi connectivity index (χ3v) is 6.27. The first-order valence-corrected chi connectivity index (χ1v) is 10.3. The number of thioether (sulfide) groups is 1. The maximum atomic E-state index is 13.3. The van der Waals surface area contributed by atoms with E-state index in [2.05, 4.69) is 15.3 Å². The Balaban J connectivity index is 1.75. The highest BCUT2D eigenvalue weighted by atomic mass is 32.2. The summed E-state index contributed by atoms with van der Waals surface area (Å²) in [5.41, 5.74) is 2.66. The van der Waals surface area contributed by atoms with Gasteiger partial charge in [0.15, 0.2) is 15.8 Å². The standard InChI is InChI=1S/C24H21N3O2S/c1-25-21(17-13-15-20(29-2)16-14-17)26-23-27-22(28)24(30-23,18-9-5-3-6-10-18)19-11-7-4-8-12-19/h3-16H,1-2H3,(H,25,26,27,28). The third-order valence-electron chi connectivity index (χ3n) is 4.92. The molecule has 1 aliphatic rings. The normalized spacial score (nSPS) is 17.1. The molecule has 0 radical (unpaired) electrons. The molecule has 4 rings (SSSR count). The third kappa shape index (κ3) is 3.62. The number of rotatable bonds is 4. The van der Waals surface area contributed by atoms with Gasteiger partial charge in [-0.2, -0.15) is 0 Å². The fraction of sp³-hybridized carbons (Fsp3) is 0.125. The van der Waals surface area contributed by atoms with Crippen LogP contribution in [0.15, 0.2) is 94.9 Å². The van der Waals surface area contributed by atoms with Crippen molar-refractivity contribution >= 4 is 28.7 Å². The minimum absolute atomic E-state index is 0.117. The number of hydrogen-bond donors (Lipinski definition) is 1. The molecular weight excluding hydrogens is 394 g/mol. The molecule has 0 atom stereocenters. The van der Waals surface area contributed by atoms with Crippen molar-refractivity contribution in [3.63, 3.8) is 0 Å². The molecule has 0 spiro atoms. The Morgan fingerprint density at radius 2 is 1.47 bits per heavy atom. The Labute approximate surface area is 179 Å². The minimum Gasteiger partial charge on any atom is -0.497 e. The monoisotopic (exact) mass is 415 g/mol. The highest BCUT2D eigenvalue weighted by molar-refractivity contribution is 8.16. The summed E-state index contributed by atoms with van der Waals surface area (Å²) in [6.07, 6.45) is 0. The first-order chi connectivity index (χ1) is 14.7. The highest BCUT2D eigenvalue weighted by Crippen LogP contribution is 2.47. The summed E-state index contributed by atoms with van der Waals surface area (Å²) < 4.78 is 4.32. The van der Waals surface area contributed by atoms with Crippen molar-refractivity contribution in [2.24, 2.45) is 9.98 Å². The van der Waals surface area contributed by atoms with Crippen LogP contribution in [0.2, 0.25) is 0 Å². The number of benzene rings is 3. The van der Waals surface area contributed by atoms with E-state index in [4.69, 9.17) is 4.74 Å². The van der Waals surface area contributed by atoms with Crippen LogP contribution in [0.3, 0.4) is 0 Å². The van der Waals surface area contributed by atoms with Gasteiger partial charge >= 0.3 is 0 Å². The van der Waals surface area contributed by atoms with Gasteiger partial charge in [0.2, 0.25) is 0 Å². The number of methoxy groups -OCH3 is 1. The predicted octanol–water partition coefficient (Wildman–Crippen LogP) is 4.23. The zero-order chi connectivity index (χ0) is 21.0. The van der Waals surface area contributed by atoms with E-state index in [0.29, 0.717) is 11.0 Å². The first-order valence-electron chi connectivity index (χ1n) is 9.49. The molecule has 1 heterocycles. The number of nitrogens with one attached hydrogen (secondary N) is 1. The Hall–Kier alpha value is -3.38. The quantitative estimate of drug-likeness (QED) is 0.512. The summed E-state index contributed by atoms with van der Waals surface area (Å²) in [7, 11) is 3.31. The van der Waals surface area contributed by atoms with Gasteiger partial charge in [-0.3, -0.25) is 9.79 Å². The molecule has 1 aliphatic heterocycles. The van der Waals surface area contributed by atoms with Crippen LogP contribution in [0.4, 0.5) is 0 Å². The Morgan fingerprint density at radius 1 is 0.900 bits per heavy atom. The van der Waals surface area contributed by atoms with Crippen LogP contribution in [0, 0.1) is 0 Å². The Bertz CT molecular complexity index is 1050. The second-order valence-corrected chi connectivity index (χ2v) is 7.87. The van der Waals surface area contributed by atoms with Crippen LogP contribution in [-0.4, -0.2) is 31.1 Å². The fourth-order valence-electron chi connectivity index (χ4n) is 3.43. The van der Waals surface area contributed by atoms with Gasteiger partial charge in [-0.1, -0.05) is 72.4 Å². The van der Waals surface area contributed by atoms with Gasteiger partial charge in [0, 0.05) is 12.6 Å². The molecule has 6 heteroatoms. The van der Waals surface area contributed by atoms with E-state index >= 15 is 0 Å². The molecule has 1 fully saturated rings. The van der Waals surface area contributed by atoms with Gasteiger partial charge in [0.25, 0.3) is 5.91 Å². The van der Waals surface area contributed by atoms with Crippen LogP contribution >= 0.6 is 11.8 Å². The van der Waals surface area contributed by atoms with Gasteiger partial charge in [-0.15, -0.1) is 0 Å². The van der Waals surface area contributed by atoms with Crippen molar-refractivity contribution in [1.29, 1.82) is 0 Å². The van der Waals surface area contributed by atoms with Crippen molar-refractivity contribution in [3.05, 3.63) is 102 Å². The van der Waals surface area contributed by atoms with Crippen molar-refractivity contribution in [2.75, 3.05) is 14.2 Å². The van der Waals surface area contributed by atoms with Gasteiger partial charge < -0.3 is 10.1 Å². The minimum atomic E-state index is -0.903. The van der Waals surface area contributed by atoms with Crippen LogP contribution < -0.4 is 10.1 Å². The molecule has 150 valence electrons. The van der Waals surface area contributed by atoms with Gasteiger partial charge in [-0.05, 0) is 35.4 Å². The second kappa shape index (κ2) is 8.55. The number of nitrogens with zero attached hydrogens (tertiary/aromatic N) is 2. The summed E-state index contributed by atoms with van der Waals surface area (Å²) in [5, 5.41) is 3.49. The van der Waals surface area contributed by atoms with Crippen LogP contribution in [0.1, 0.15) is 16.7 Å². The van der Waals surface area contributed by atoms with E-state index in [0.717, 1.165) is 22.4 Å². The summed E-state index contributed by atoms with van der Waals surface area (Å²) in [5.74, 6) is 1.18. The molecule has 1 amide bonds. The van der Waals surface area contributed by atoms with E-state index in [-0.39, 0.29) is 5.91 Å². The molecule has 0 bridgehead atoms. The molecule has 0 saturated carbocycles. The molecule has 3 aromatic rings. The SMILES string of the molecule is CN=C(N=C1NC(=O)C(c2ccccc2)(c2ccccc2)S1)c1ccc(OC)cc1. The molecule has 30 heavy (non-hydrogen) atoms. The molecule has 5 nitrogen and oxygen atoms in total. The Morgan fingerprint density at radius 3 is 1.97 bits per heavy atom. The van der Waals surface area contributed by atoms with Gasteiger partial charge in [0.1, 0.15) is 5.75 Å². The van der Waals surface area contributed by atoms with E-state index in [1.165, 1.54) is 11.8 Å². The first kappa shape index (κ1) is 19.9. The molecular formula is C24H21N3O2S. The fourth-order valence-corrected chi connectivity index (χ4v) is 4.64. The summed E-state index contributed by atoms with van der Waals surface area (Å²) in [6, 6.07) is 27.1. The molecule has 1 saturated heterocycles. The van der Waals surface area contributed by atoms with Crippen molar-refractivity contribution < 1.29 is 9.53 Å². The average molecular weight is 416 g/mol. The molecule has 0 aromatic heterocycles. The molecule has 1 N–H and O–H groups in total. The lowest BCUT2D eigenvalue weighted by Gasteiger charge is -2.25. The lowest BCUT2D eigenvalue weighted by Crippen LogP contribution is -2.35. The van der Waals surface area contributed by atoms with E-state index in [1.807, 2.05) is 84.9 Å². The van der Waals surface area contributed by atoms with E-state index < -0.39 is 4.75 Å². The number of amides is 1. The summed E-state index contributed by atoms with van der Waals surface area (Å²) >= 11 is 1.40. The van der Waals surface area contributed by atoms with Crippen LogP contribution in [-0.2, 0) is 9.54 Å². The van der Waals surface area contributed by atoms with E-state index in [9.17, 15) is 4.79 Å². The van der Waals surface area contributed by atoms with E-state index in [1.54, 1.807) is 14.2 Å². The lowest BCUT2D eigenvalue weighted by molar-refractivity contribution is -0.120. The Kier molecular flexibility index (Phi) is 5.68. The van der Waals surface area contributed by atoms with Crippen molar-refractivity contribution in [3.8, 4) is 5.75 Å². The second-order valence-electron chi connectivity index (χ2n) is 6.66. The predicted molar refractivity (Wildman–Crippen MR) is 122 cm³/mol. The molecule has 3 aromatic carbocycles. The zero-order valence-corrected chi connectivity index (χ0v) is 17.5. The smallest absolute Gasteiger partial charge is 0.251 e. The van der Waals surface area contributed by atoms with Gasteiger partial charge in [0.05, 0.1) is 7.11 Å². The summed E-state index contributed by atoms with van der Waals surface area (Å²) in [4.78, 5) is 22.3. The molecule has 0 unspecified atom stereocenters. The maximum absolute atomic E-state index is 13.3. The zero-order valence-electron chi connectivity index (χ0n) is 16.7. The topological polar surface area (TPSA) is 63.0 Å².